The highest BCUT2D eigenvalue weighted by Crippen LogP contribution is 2.41. The molecule has 3 aliphatic rings. The first kappa shape index (κ1) is 34.0. The number of methoxy groups -OCH3 is 1. The van der Waals surface area contributed by atoms with E-state index in [4.69, 9.17) is 47.1 Å². The van der Waals surface area contributed by atoms with Gasteiger partial charge < -0.3 is 38.2 Å². The molecule has 0 aliphatic carbocycles. The molecule has 3 atom stereocenters. The van der Waals surface area contributed by atoms with E-state index in [1.54, 1.807) is 43.5 Å². The number of aliphatic imine (C=N–C) groups is 1. The van der Waals surface area contributed by atoms with E-state index >= 15 is 0 Å². The van der Waals surface area contributed by atoms with Crippen LogP contribution in [0.4, 0.5) is 17.1 Å². The number of nitrogens with zero attached hydrogens (tertiary/aromatic N) is 6. The van der Waals surface area contributed by atoms with Gasteiger partial charge in [0.1, 0.15) is 23.9 Å². The highest BCUT2D eigenvalue weighted by atomic mass is 35.5. The van der Waals surface area contributed by atoms with Gasteiger partial charge in [0.05, 0.1) is 36.7 Å². The molecular weight excluding hydrogens is 683 g/mol. The van der Waals surface area contributed by atoms with Gasteiger partial charge in [0, 0.05) is 74.2 Å². The summed E-state index contributed by atoms with van der Waals surface area (Å²) in [4.78, 5) is 16.2. The van der Waals surface area contributed by atoms with Crippen molar-refractivity contribution in [3.05, 3.63) is 101 Å². The van der Waals surface area contributed by atoms with Crippen molar-refractivity contribution in [3.8, 4) is 5.75 Å². The number of amidine groups is 1. The molecule has 0 radical (unpaired) electrons. The summed E-state index contributed by atoms with van der Waals surface area (Å²) in [5.41, 5.74) is 4.22. The van der Waals surface area contributed by atoms with Crippen molar-refractivity contribution in [2.45, 2.75) is 30.8 Å². The average Bonchev–Trinajstić information content (AvgIpc) is 3.89. The molecule has 0 saturated carbocycles. The van der Waals surface area contributed by atoms with Crippen LogP contribution < -0.4 is 14.5 Å². The molecule has 0 spiro atoms. The van der Waals surface area contributed by atoms with Gasteiger partial charge in [-0.15, -0.1) is 0 Å². The van der Waals surface area contributed by atoms with Crippen molar-refractivity contribution in [1.82, 2.24) is 14.5 Å². The number of imidazole rings is 1. The van der Waals surface area contributed by atoms with E-state index in [1.807, 2.05) is 29.0 Å². The number of piperazine rings is 1. The summed E-state index contributed by atoms with van der Waals surface area (Å²) in [6, 6.07) is 22.2. The Kier molecular flexibility index (Phi) is 10.6. The Labute approximate surface area is 301 Å². The molecule has 3 aromatic carbocycles. The number of halogens is 2. The summed E-state index contributed by atoms with van der Waals surface area (Å²) in [6.45, 7) is 8.78. The lowest BCUT2D eigenvalue weighted by atomic mass is 10.1. The Morgan fingerprint density at radius 2 is 1.69 bits per heavy atom. The maximum Gasteiger partial charge on any atom is 0.215 e. The molecule has 4 heterocycles. The first-order valence-corrected chi connectivity index (χ1v) is 18.1. The number of rotatable bonds is 11. The molecule has 3 aliphatic heterocycles. The van der Waals surface area contributed by atoms with Crippen LogP contribution in [-0.4, -0.2) is 90.8 Å². The molecule has 49 heavy (non-hydrogen) atoms. The van der Waals surface area contributed by atoms with E-state index in [9.17, 15) is 0 Å². The number of anilines is 2. The van der Waals surface area contributed by atoms with Crippen molar-refractivity contribution in [1.29, 1.82) is 0 Å². The van der Waals surface area contributed by atoms with Crippen molar-refractivity contribution >= 4 is 57.2 Å². The minimum absolute atomic E-state index is 0.140. The summed E-state index contributed by atoms with van der Waals surface area (Å²) < 4.78 is 26.4. The molecule has 13 heteroatoms. The van der Waals surface area contributed by atoms with Crippen LogP contribution in [-0.2, 0) is 26.5 Å². The van der Waals surface area contributed by atoms with Crippen LogP contribution in [0.25, 0.3) is 0 Å². The monoisotopic (exact) mass is 722 g/mol. The normalized spacial score (nSPS) is 23.5. The quantitative estimate of drug-likeness (QED) is 0.165. The number of hydrogen-bond donors (Lipinski definition) is 0. The maximum atomic E-state index is 6.61. The van der Waals surface area contributed by atoms with E-state index in [0.717, 1.165) is 55.9 Å². The Bertz CT molecular complexity index is 1720. The van der Waals surface area contributed by atoms with E-state index in [2.05, 4.69) is 63.0 Å². The fourth-order valence-corrected chi connectivity index (χ4v) is 8.01. The second-order valence-corrected chi connectivity index (χ2v) is 14.1. The van der Waals surface area contributed by atoms with Gasteiger partial charge in [-0.25, -0.2) is 9.98 Å². The Balaban J connectivity index is 0.912. The fourth-order valence-electron chi connectivity index (χ4n) is 6.36. The predicted molar refractivity (Wildman–Crippen MR) is 197 cm³/mol. The van der Waals surface area contributed by atoms with Crippen molar-refractivity contribution in [2.24, 2.45) is 4.99 Å². The molecule has 10 nitrogen and oxygen atoms in total. The van der Waals surface area contributed by atoms with Gasteiger partial charge in [0.2, 0.25) is 5.79 Å². The molecule has 0 N–H and O–H groups in total. The molecule has 7 rings (SSSR count). The summed E-state index contributed by atoms with van der Waals surface area (Å²) in [5.74, 6) is -0.305. The third-order valence-corrected chi connectivity index (χ3v) is 10.7. The standard InChI is InChI=1S/C36H40Cl2N6O4S/c1-3-42-21-34(45-2)49-35(42)40-27-5-7-28(8-6-27)43-16-18-44(19-17-43)29-9-11-30(12-10-29)46-22-31-23-47-36(48-31,24-41-15-14-39-25-41)32-13-4-26(37)20-33(32)38/h4-15,20,25,31,34H,3,16-19,21-24H2,1-2H3. The lowest BCUT2D eigenvalue weighted by molar-refractivity contribution is -0.189. The third-order valence-electron chi connectivity index (χ3n) is 9.03. The first-order chi connectivity index (χ1) is 23.9. The van der Waals surface area contributed by atoms with Gasteiger partial charge in [0.25, 0.3) is 0 Å². The third kappa shape index (κ3) is 7.82. The molecule has 1 aromatic heterocycles. The van der Waals surface area contributed by atoms with E-state index in [0.29, 0.717) is 35.4 Å². The fraction of sp³-hybridized carbons (Fsp3) is 0.389. The number of aromatic nitrogens is 2. The minimum Gasteiger partial charge on any atom is -0.491 e. The average molecular weight is 724 g/mol. The molecule has 4 aromatic rings. The second kappa shape index (κ2) is 15.2. The number of thioether (sulfide) groups is 1. The van der Waals surface area contributed by atoms with Crippen molar-refractivity contribution in [2.75, 3.05) is 69.4 Å². The van der Waals surface area contributed by atoms with Crippen molar-refractivity contribution < 1.29 is 18.9 Å². The minimum atomic E-state index is -1.08. The molecule has 3 saturated heterocycles. The zero-order chi connectivity index (χ0) is 33.8. The van der Waals surface area contributed by atoms with Gasteiger partial charge in [-0.2, -0.15) is 0 Å². The summed E-state index contributed by atoms with van der Waals surface area (Å²) in [6.07, 6.45) is 5.02. The lowest BCUT2D eigenvalue weighted by Gasteiger charge is -2.37. The number of hydrogen-bond acceptors (Lipinski definition) is 9. The first-order valence-electron chi connectivity index (χ1n) is 16.5. The SMILES string of the molecule is CCN1CC(OC)SC1=Nc1ccc(N2CCN(c3ccc(OCC4COC(Cn5ccnc5)(c5ccc(Cl)cc5Cl)O4)cc3)CC2)cc1. The summed E-state index contributed by atoms with van der Waals surface area (Å²) in [7, 11) is 1.76. The second-order valence-electron chi connectivity index (χ2n) is 12.2. The van der Waals surface area contributed by atoms with Crippen LogP contribution in [0.15, 0.2) is 90.4 Å². The van der Waals surface area contributed by atoms with E-state index < -0.39 is 5.79 Å². The van der Waals surface area contributed by atoms with E-state index in [-0.39, 0.29) is 11.5 Å². The molecule has 258 valence electrons. The van der Waals surface area contributed by atoms with Gasteiger partial charge in [-0.05, 0) is 67.6 Å². The topological polar surface area (TPSA) is 76.8 Å². The van der Waals surface area contributed by atoms with Crippen LogP contribution in [0.3, 0.4) is 0 Å². The zero-order valence-corrected chi connectivity index (χ0v) is 29.9. The van der Waals surface area contributed by atoms with Crippen LogP contribution in [0.5, 0.6) is 5.75 Å². The van der Waals surface area contributed by atoms with E-state index in [1.165, 1.54) is 11.4 Å². The largest absolute Gasteiger partial charge is 0.491 e. The highest BCUT2D eigenvalue weighted by Gasteiger charge is 2.45. The molecule has 3 unspecified atom stereocenters. The van der Waals surface area contributed by atoms with Gasteiger partial charge in [-0.1, -0.05) is 41.0 Å². The summed E-state index contributed by atoms with van der Waals surface area (Å²) in [5, 5.41) is 2.06. The Morgan fingerprint density at radius 3 is 2.33 bits per heavy atom. The highest BCUT2D eigenvalue weighted by molar-refractivity contribution is 8.14. The van der Waals surface area contributed by atoms with Gasteiger partial charge in [0.15, 0.2) is 5.17 Å². The Hall–Kier alpha value is -3.45. The predicted octanol–water partition coefficient (Wildman–Crippen LogP) is 6.89. The molecule has 0 bridgehead atoms. The van der Waals surface area contributed by atoms with Crippen LogP contribution >= 0.6 is 35.0 Å². The zero-order valence-electron chi connectivity index (χ0n) is 27.6. The number of ether oxygens (including phenoxy) is 4. The number of benzene rings is 3. The van der Waals surface area contributed by atoms with Crippen molar-refractivity contribution in [3.63, 3.8) is 0 Å². The van der Waals surface area contributed by atoms with Crippen LogP contribution in [0.2, 0.25) is 10.0 Å². The number of likely N-dealkylation sites (N-methyl/N-ethyl adjacent to an activating group) is 1. The molecule has 0 amide bonds. The van der Waals surface area contributed by atoms with Crippen LogP contribution in [0, 0.1) is 0 Å². The Morgan fingerprint density at radius 1 is 0.980 bits per heavy atom. The molecule has 3 fully saturated rings. The smallest absolute Gasteiger partial charge is 0.215 e. The van der Waals surface area contributed by atoms with Gasteiger partial charge in [-0.3, -0.25) is 0 Å². The molecular formula is C36H40Cl2N6O4S. The van der Waals surface area contributed by atoms with Crippen LogP contribution in [0.1, 0.15) is 12.5 Å². The maximum absolute atomic E-state index is 6.61. The summed E-state index contributed by atoms with van der Waals surface area (Å²) >= 11 is 14.5. The van der Waals surface area contributed by atoms with Gasteiger partial charge >= 0.3 is 0 Å². The lowest BCUT2D eigenvalue weighted by Crippen LogP contribution is -2.46.